The van der Waals surface area contributed by atoms with Crippen molar-refractivity contribution in [2.45, 2.75) is 32.9 Å². The zero-order valence-corrected chi connectivity index (χ0v) is 14.0. The van der Waals surface area contributed by atoms with Gasteiger partial charge in [-0.25, -0.2) is 0 Å². The number of likely N-dealkylation sites (N-methyl/N-ethyl adjacent to an activating group) is 1. The topological polar surface area (TPSA) is 53.4 Å². The van der Waals surface area contributed by atoms with E-state index in [4.69, 9.17) is 0 Å². The first-order valence-electron chi connectivity index (χ1n) is 7.52. The summed E-state index contributed by atoms with van der Waals surface area (Å²) in [7, 11) is 5.61. The third-order valence-corrected chi connectivity index (χ3v) is 4.49. The molecule has 1 N–H and O–H groups in total. The molecule has 118 valence electrons. The van der Waals surface area contributed by atoms with Gasteiger partial charge in [0.05, 0.1) is 5.69 Å². The summed E-state index contributed by atoms with van der Waals surface area (Å²) in [6.07, 6.45) is 0. The highest BCUT2D eigenvalue weighted by Gasteiger charge is 2.34. The molecule has 0 saturated carbocycles. The Hall–Kier alpha value is -1.40. The summed E-state index contributed by atoms with van der Waals surface area (Å²) >= 11 is 0. The summed E-state index contributed by atoms with van der Waals surface area (Å²) < 4.78 is 1.92. The molecule has 2 heterocycles. The third kappa shape index (κ3) is 2.96. The number of aromatic nitrogens is 2. The number of carbonyl (C=O) groups excluding carboxylic acids is 1. The van der Waals surface area contributed by atoms with Crippen LogP contribution in [0.1, 0.15) is 29.9 Å². The van der Waals surface area contributed by atoms with E-state index in [0.29, 0.717) is 6.54 Å². The minimum Gasteiger partial charge on any atom is -0.347 e. The van der Waals surface area contributed by atoms with Crippen molar-refractivity contribution in [1.82, 2.24) is 24.9 Å². The molecule has 21 heavy (non-hydrogen) atoms. The van der Waals surface area contributed by atoms with Gasteiger partial charge in [-0.15, -0.1) is 0 Å². The summed E-state index contributed by atoms with van der Waals surface area (Å²) in [5.74, 6) is 0.160. The number of piperazine rings is 1. The lowest BCUT2D eigenvalue weighted by Gasteiger charge is -2.40. The van der Waals surface area contributed by atoms with Crippen LogP contribution in [0.25, 0.3) is 0 Å². The summed E-state index contributed by atoms with van der Waals surface area (Å²) in [5.41, 5.74) is 3.47. The Balaban J connectivity index is 2.30. The van der Waals surface area contributed by atoms with Crippen LogP contribution in [0.4, 0.5) is 0 Å². The molecule has 1 fully saturated rings. The highest BCUT2D eigenvalue weighted by atomic mass is 16.2. The van der Waals surface area contributed by atoms with E-state index in [0.717, 1.165) is 18.8 Å². The van der Waals surface area contributed by atoms with Crippen LogP contribution in [0.2, 0.25) is 0 Å². The van der Waals surface area contributed by atoms with Gasteiger partial charge in [0.1, 0.15) is 6.04 Å². The highest BCUT2D eigenvalue weighted by molar-refractivity contribution is 5.81. The fourth-order valence-corrected chi connectivity index (χ4v) is 3.27. The Labute approximate surface area is 127 Å². The lowest BCUT2D eigenvalue weighted by atomic mass is 10.0. The minimum absolute atomic E-state index is 0.109. The van der Waals surface area contributed by atoms with Gasteiger partial charge < -0.3 is 10.2 Å². The third-order valence-electron chi connectivity index (χ3n) is 4.49. The van der Waals surface area contributed by atoms with E-state index in [9.17, 15) is 4.79 Å². The van der Waals surface area contributed by atoms with E-state index in [1.807, 2.05) is 32.7 Å². The fourth-order valence-electron chi connectivity index (χ4n) is 3.27. The predicted molar refractivity (Wildman–Crippen MR) is 83.2 cm³/mol. The van der Waals surface area contributed by atoms with Gasteiger partial charge in [0.25, 0.3) is 0 Å². The molecule has 2 atom stereocenters. The molecule has 1 aliphatic rings. The van der Waals surface area contributed by atoms with Crippen LogP contribution in [0.5, 0.6) is 0 Å². The Morgan fingerprint density at radius 3 is 2.62 bits per heavy atom. The maximum atomic E-state index is 12.4. The molecule has 6 nitrogen and oxygen atoms in total. The summed E-state index contributed by atoms with van der Waals surface area (Å²) in [6.45, 7) is 8.82. The molecule has 2 unspecified atom stereocenters. The van der Waals surface area contributed by atoms with Crippen LogP contribution in [-0.2, 0) is 11.8 Å². The molecule has 0 spiro atoms. The summed E-state index contributed by atoms with van der Waals surface area (Å²) in [4.78, 5) is 16.4. The van der Waals surface area contributed by atoms with E-state index < -0.39 is 0 Å². The standard InChI is InChI=1S/C15H27N5O/c1-10-14(11(2)19(6)17-10)12(3)20-8-7-16-9-13(20)15(21)18(4)5/h12-13,16H,7-9H2,1-6H3. The fraction of sp³-hybridized carbons (Fsp3) is 0.733. The van der Waals surface area contributed by atoms with Gasteiger partial charge in [0, 0.05) is 58.1 Å². The van der Waals surface area contributed by atoms with Crippen molar-refractivity contribution in [2.24, 2.45) is 7.05 Å². The molecule has 6 heteroatoms. The van der Waals surface area contributed by atoms with Crippen LogP contribution in [0, 0.1) is 13.8 Å². The summed E-state index contributed by atoms with van der Waals surface area (Å²) in [6, 6.07) is 0.0810. The number of hydrogen-bond acceptors (Lipinski definition) is 4. The first kappa shape index (κ1) is 16.0. The maximum absolute atomic E-state index is 12.4. The second-order valence-electron chi connectivity index (χ2n) is 6.07. The molecule has 0 radical (unpaired) electrons. The maximum Gasteiger partial charge on any atom is 0.240 e. The first-order chi connectivity index (χ1) is 9.84. The molecule has 1 aliphatic heterocycles. The van der Waals surface area contributed by atoms with Gasteiger partial charge in [-0.3, -0.25) is 14.4 Å². The lowest BCUT2D eigenvalue weighted by molar-refractivity contribution is -0.136. The first-order valence-corrected chi connectivity index (χ1v) is 7.52. The molecule has 0 aliphatic carbocycles. The van der Waals surface area contributed by atoms with Crippen molar-refractivity contribution in [1.29, 1.82) is 0 Å². The Bertz CT molecular complexity index is 522. The number of nitrogens with zero attached hydrogens (tertiary/aromatic N) is 4. The minimum atomic E-state index is -0.109. The molecule has 1 saturated heterocycles. The average Bonchev–Trinajstić information content (AvgIpc) is 2.70. The van der Waals surface area contributed by atoms with Crippen molar-refractivity contribution in [3.8, 4) is 0 Å². The van der Waals surface area contributed by atoms with Crippen LogP contribution in [0.3, 0.4) is 0 Å². The number of carbonyl (C=O) groups is 1. The molecule has 1 aromatic rings. The highest BCUT2D eigenvalue weighted by Crippen LogP contribution is 2.28. The second kappa shape index (κ2) is 6.15. The van der Waals surface area contributed by atoms with Crippen LogP contribution in [-0.4, -0.2) is 65.3 Å². The average molecular weight is 293 g/mol. The van der Waals surface area contributed by atoms with Crippen LogP contribution < -0.4 is 5.32 Å². The van der Waals surface area contributed by atoms with E-state index in [2.05, 4.69) is 29.2 Å². The van der Waals surface area contributed by atoms with Gasteiger partial charge in [0.15, 0.2) is 0 Å². The van der Waals surface area contributed by atoms with E-state index in [1.54, 1.807) is 4.90 Å². The van der Waals surface area contributed by atoms with Gasteiger partial charge in [0.2, 0.25) is 5.91 Å². The van der Waals surface area contributed by atoms with Crippen LogP contribution >= 0.6 is 0 Å². The van der Waals surface area contributed by atoms with E-state index >= 15 is 0 Å². The van der Waals surface area contributed by atoms with Crippen molar-refractivity contribution < 1.29 is 4.79 Å². The van der Waals surface area contributed by atoms with E-state index in [-0.39, 0.29) is 18.0 Å². The second-order valence-corrected chi connectivity index (χ2v) is 6.07. The molecule has 1 aromatic heterocycles. The van der Waals surface area contributed by atoms with Crippen molar-refractivity contribution in [3.63, 3.8) is 0 Å². The SMILES string of the molecule is Cc1nn(C)c(C)c1C(C)N1CCNCC1C(=O)N(C)C. The lowest BCUT2D eigenvalue weighted by Crippen LogP contribution is -2.58. The quantitative estimate of drug-likeness (QED) is 0.880. The van der Waals surface area contributed by atoms with E-state index in [1.165, 1.54) is 11.3 Å². The summed E-state index contributed by atoms with van der Waals surface area (Å²) in [5, 5.41) is 7.84. The van der Waals surface area contributed by atoms with Gasteiger partial charge in [-0.1, -0.05) is 0 Å². The normalized spacial score (nSPS) is 21.3. The molecule has 1 amide bonds. The number of amides is 1. The zero-order valence-electron chi connectivity index (χ0n) is 14.0. The molecule has 0 aromatic carbocycles. The van der Waals surface area contributed by atoms with Crippen molar-refractivity contribution in [2.75, 3.05) is 33.7 Å². The molecular formula is C15H27N5O. The number of nitrogens with one attached hydrogen (secondary N) is 1. The van der Waals surface area contributed by atoms with Gasteiger partial charge in [-0.2, -0.15) is 5.10 Å². The zero-order chi connectivity index (χ0) is 15.7. The van der Waals surface area contributed by atoms with Crippen LogP contribution in [0.15, 0.2) is 0 Å². The van der Waals surface area contributed by atoms with Crippen molar-refractivity contribution in [3.05, 3.63) is 17.0 Å². The number of hydrogen-bond donors (Lipinski definition) is 1. The Morgan fingerprint density at radius 1 is 1.43 bits per heavy atom. The van der Waals surface area contributed by atoms with Gasteiger partial charge >= 0.3 is 0 Å². The monoisotopic (exact) mass is 293 g/mol. The molecule has 0 bridgehead atoms. The Morgan fingerprint density at radius 2 is 2.10 bits per heavy atom. The van der Waals surface area contributed by atoms with Gasteiger partial charge in [-0.05, 0) is 20.8 Å². The number of aryl methyl sites for hydroxylation is 2. The number of rotatable bonds is 3. The predicted octanol–water partition coefficient (Wildman–Crippen LogP) is 0.460. The molecule has 2 rings (SSSR count). The largest absolute Gasteiger partial charge is 0.347 e. The van der Waals surface area contributed by atoms with Crippen molar-refractivity contribution >= 4 is 5.91 Å². The Kier molecular flexibility index (Phi) is 4.68. The smallest absolute Gasteiger partial charge is 0.240 e. The molecular weight excluding hydrogens is 266 g/mol.